The molecule has 0 aromatic carbocycles. The van der Waals surface area contributed by atoms with Gasteiger partial charge in [0.1, 0.15) is 5.76 Å². The number of aryl methyl sites for hydroxylation is 2. The van der Waals surface area contributed by atoms with Gasteiger partial charge in [-0.05, 0) is 31.5 Å². The lowest BCUT2D eigenvalue weighted by Gasteiger charge is -2.13. The molecule has 2 rings (SSSR count). The van der Waals surface area contributed by atoms with Crippen LogP contribution in [0.5, 0.6) is 0 Å². The van der Waals surface area contributed by atoms with Gasteiger partial charge in [0.15, 0.2) is 0 Å². The fourth-order valence-electron chi connectivity index (χ4n) is 2.07. The molecule has 98 valence electrons. The molecule has 2 aromatic heterocycles. The van der Waals surface area contributed by atoms with E-state index in [4.69, 9.17) is 10.3 Å². The molecule has 0 aliphatic carbocycles. The Bertz CT molecular complexity index is 475. The van der Waals surface area contributed by atoms with Crippen molar-refractivity contribution in [1.29, 1.82) is 0 Å². The fraction of sp³-hybridized carbons (Fsp3) is 0.462. The fourth-order valence-corrected chi connectivity index (χ4v) is 2.07. The summed E-state index contributed by atoms with van der Waals surface area (Å²) < 4.78 is 7.41. The van der Waals surface area contributed by atoms with Crippen molar-refractivity contribution >= 4 is 0 Å². The third-order valence-corrected chi connectivity index (χ3v) is 3.08. The van der Waals surface area contributed by atoms with E-state index in [1.807, 2.05) is 16.8 Å². The van der Waals surface area contributed by atoms with Gasteiger partial charge < -0.3 is 4.42 Å². The third-order valence-electron chi connectivity index (χ3n) is 3.08. The van der Waals surface area contributed by atoms with Crippen molar-refractivity contribution in [2.45, 2.75) is 39.3 Å². The van der Waals surface area contributed by atoms with Crippen molar-refractivity contribution in [2.75, 3.05) is 0 Å². The second-order valence-electron chi connectivity index (χ2n) is 4.24. The van der Waals surface area contributed by atoms with Gasteiger partial charge in [0.05, 0.1) is 18.0 Å². The summed E-state index contributed by atoms with van der Waals surface area (Å²) in [6.07, 6.45) is 3.38. The lowest BCUT2D eigenvalue weighted by atomic mass is 10.1. The minimum atomic E-state index is -0.0216. The third kappa shape index (κ3) is 2.63. The molecule has 18 heavy (non-hydrogen) atoms. The second kappa shape index (κ2) is 5.84. The first-order valence-corrected chi connectivity index (χ1v) is 6.33. The molecule has 0 bridgehead atoms. The first-order valence-electron chi connectivity index (χ1n) is 6.33. The lowest BCUT2D eigenvalue weighted by Crippen LogP contribution is -2.29. The van der Waals surface area contributed by atoms with Gasteiger partial charge >= 0.3 is 0 Å². The predicted molar refractivity (Wildman–Crippen MR) is 69.8 cm³/mol. The smallest absolute Gasteiger partial charge is 0.122 e. The maximum atomic E-state index is 5.60. The number of rotatable bonds is 6. The SMILES string of the molecule is CCc1cc(CC(NN)c2ccco2)n(CC)n1. The molecule has 0 saturated carbocycles. The van der Waals surface area contributed by atoms with E-state index in [-0.39, 0.29) is 6.04 Å². The molecular weight excluding hydrogens is 228 g/mol. The van der Waals surface area contributed by atoms with Crippen molar-refractivity contribution in [3.05, 3.63) is 41.6 Å². The Morgan fingerprint density at radius 3 is 2.89 bits per heavy atom. The van der Waals surface area contributed by atoms with Crippen LogP contribution in [0.2, 0.25) is 0 Å². The molecule has 0 radical (unpaired) electrons. The molecule has 0 spiro atoms. The highest BCUT2D eigenvalue weighted by Gasteiger charge is 2.16. The monoisotopic (exact) mass is 248 g/mol. The van der Waals surface area contributed by atoms with Gasteiger partial charge in [-0.3, -0.25) is 10.5 Å². The maximum absolute atomic E-state index is 5.60. The van der Waals surface area contributed by atoms with Gasteiger partial charge in [-0.25, -0.2) is 5.43 Å². The number of furan rings is 1. The van der Waals surface area contributed by atoms with Crippen molar-refractivity contribution in [2.24, 2.45) is 5.84 Å². The highest BCUT2D eigenvalue weighted by Crippen LogP contribution is 2.19. The van der Waals surface area contributed by atoms with E-state index in [2.05, 4.69) is 30.4 Å². The van der Waals surface area contributed by atoms with Crippen molar-refractivity contribution in [3.8, 4) is 0 Å². The van der Waals surface area contributed by atoms with E-state index in [1.165, 1.54) is 5.69 Å². The first kappa shape index (κ1) is 12.9. The van der Waals surface area contributed by atoms with Gasteiger partial charge in [-0.2, -0.15) is 5.10 Å². The normalized spacial score (nSPS) is 12.8. The zero-order valence-corrected chi connectivity index (χ0v) is 10.9. The largest absolute Gasteiger partial charge is 0.468 e. The topological polar surface area (TPSA) is 69.0 Å². The number of aromatic nitrogens is 2. The quantitative estimate of drug-likeness (QED) is 0.604. The van der Waals surface area contributed by atoms with Crippen molar-refractivity contribution < 1.29 is 4.42 Å². The summed E-state index contributed by atoms with van der Waals surface area (Å²) >= 11 is 0. The Balaban J connectivity index is 2.19. The summed E-state index contributed by atoms with van der Waals surface area (Å²) in [5, 5.41) is 4.53. The molecule has 2 heterocycles. The summed E-state index contributed by atoms with van der Waals surface area (Å²) in [6.45, 7) is 5.07. The number of hydrazine groups is 1. The molecule has 0 aliphatic rings. The van der Waals surface area contributed by atoms with Crippen LogP contribution < -0.4 is 11.3 Å². The van der Waals surface area contributed by atoms with Crippen molar-refractivity contribution in [3.63, 3.8) is 0 Å². The Kier molecular flexibility index (Phi) is 4.17. The van der Waals surface area contributed by atoms with Crippen LogP contribution in [-0.4, -0.2) is 9.78 Å². The molecule has 5 heteroatoms. The van der Waals surface area contributed by atoms with Crippen LogP contribution in [0.3, 0.4) is 0 Å². The summed E-state index contributed by atoms with van der Waals surface area (Å²) in [5.41, 5.74) is 5.08. The van der Waals surface area contributed by atoms with Crippen LogP contribution in [0.1, 0.15) is 37.0 Å². The average Bonchev–Trinajstić information content (AvgIpc) is 3.04. The first-order chi connectivity index (χ1) is 8.78. The van der Waals surface area contributed by atoms with Crippen LogP contribution in [-0.2, 0) is 19.4 Å². The second-order valence-corrected chi connectivity index (χ2v) is 4.24. The van der Waals surface area contributed by atoms with Gasteiger partial charge in [0.2, 0.25) is 0 Å². The maximum Gasteiger partial charge on any atom is 0.122 e. The molecule has 0 amide bonds. The molecule has 1 atom stereocenters. The Morgan fingerprint density at radius 2 is 2.33 bits per heavy atom. The predicted octanol–water partition coefficient (Wildman–Crippen LogP) is 1.81. The van der Waals surface area contributed by atoms with Gasteiger partial charge in [-0.15, -0.1) is 0 Å². The lowest BCUT2D eigenvalue weighted by molar-refractivity contribution is 0.408. The summed E-state index contributed by atoms with van der Waals surface area (Å²) in [5.74, 6) is 6.45. The van der Waals surface area contributed by atoms with Gasteiger partial charge in [0.25, 0.3) is 0 Å². The molecule has 1 unspecified atom stereocenters. The molecule has 5 nitrogen and oxygen atoms in total. The van der Waals surface area contributed by atoms with E-state index in [9.17, 15) is 0 Å². The highest BCUT2D eigenvalue weighted by atomic mass is 16.3. The van der Waals surface area contributed by atoms with Crippen LogP contribution in [0.25, 0.3) is 0 Å². The zero-order chi connectivity index (χ0) is 13.0. The van der Waals surface area contributed by atoms with Gasteiger partial charge in [-0.1, -0.05) is 6.92 Å². The standard InChI is InChI=1S/C13H20N4O/c1-3-10-8-11(17(4-2)16-10)9-12(15-14)13-6-5-7-18-13/h5-8,12,15H,3-4,9,14H2,1-2H3. The Morgan fingerprint density at radius 1 is 1.50 bits per heavy atom. The Labute approximate surface area is 107 Å². The zero-order valence-electron chi connectivity index (χ0n) is 10.9. The molecule has 0 aliphatic heterocycles. The summed E-state index contributed by atoms with van der Waals surface area (Å²) in [7, 11) is 0. The molecular formula is C13H20N4O. The van der Waals surface area contributed by atoms with Crippen LogP contribution in [0.4, 0.5) is 0 Å². The number of hydrogen-bond donors (Lipinski definition) is 2. The number of nitrogens with zero attached hydrogens (tertiary/aromatic N) is 2. The minimum Gasteiger partial charge on any atom is -0.468 e. The molecule has 3 N–H and O–H groups in total. The van der Waals surface area contributed by atoms with E-state index >= 15 is 0 Å². The van der Waals surface area contributed by atoms with Crippen LogP contribution >= 0.6 is 0 Å². The number of hydrogen-bond acceptors (Lipinski definition) is 4. The average molecular weight is 248 g/mol. The number of nitrogens with one attached hydrogen (secondary N) is 1. The van der Waals surface area contributed by atoms with Crippen LogP contribution in [0.15, 0.2) is 28.9 Å². The van der Waals surface area contributed by atoms with Crippen molar-refractivity contribution in [1.82, 2.24) is 15.2 Å². The van der Waals surface area contributed by atoms with E-state index < -0.39 is 0 Å². The van der Waals surface area contributed by atoms with Crippen LogP contribution in [0, 0.1) is 0 Å². The summed E-state index contributed by atoms with van der Waals surface area (Å²) in [4.78, 5) is 0. The van der Waals surface area contributed by atoms with E-state index in [0.29, 0.717) is 0 Å². The molecule has 2 aromatic rings. The highest BCUT2D eigenvalue weighted by molar-refractivity contribution is 5.15. The number of nitrogens with two attached hydrogens (primary N) is 1. The molecule has 0 saturated heterocycles. The van der Waals surface area contributed by atoms with Gasteiger partial charge in [0, 0.05) is 18.7 Å². The summed E-state index contributed by atoms with van der Waals surface area (Å²) in [6, 6.07) is 5.91. The van der Waals surface area contributed by atoms with E-state index in [0.717, 1.165) is 30.8 Å². The Hall–Kier alpha value is -1.59. The minimum absolute atomic E-state index is 0.0216. The molecule has 0 fully saturated rings. The van der Waals surface area contributed by atoms with E-state index in [1.54, 1.807) is 6.26 Å².